The maximum Gasteiger partial charge on any atom is 0.123 e. The predicted octanol–water partition coefficient (Wildman–Crippen LogP) is 3.29. The van der Waals surface area contributed by atoms with E-state index >= 15 is 0 Å². The molecule has 2 rings (SSSR count). The zero-order chi connectivity index (χ0) is 12.4. The van der Waals surface area contributed by atoms with Crippen molar-refractivity contribution in [3.63, 3.8) is 0 Å². The van der Waals surface area contributed by atoms with Crippen LogP contribution in [0.4, 0.5) is 4.39 Å². The Morgan fingerprint density at radius 3 is 2.59 bits per heavy atom. The Hall–Kier alpha value is -1.09. The van der Waals surface area contributed by atoms with Crippen LogP contribution in [0.15, 0.2) is 18.2 Å². The third kappa shape index (κ3) is 2.78. The van der Waals surface area contributed by atoms with Gasteiger partial charge in [-0.05, 0) is 44.9 Å². The number of hydrogen-bond acceptors (Lipinski definition) is 2. The van der Waals surface area contributed by atoms with Gasteiger partial charge in [-0.25, -0.2) is 4.39 Å². The first kappa shape index (κ1) is 12.4. The summed E-state index contributed by atoms with van der Waals surface area (Å²) in [7, 11) is 0. The van der Waals surface area contributed by atoms with Crippen LogP contribution in [0.2, 0.25) is 0 Å². The first-order valence-corrected chi connectivity index (χ1v) is 6.31. The molecule has 0 radical (unpaired) electrons. The molecule has 0 aliphatic carbocycles. The Morgan fingerprint density at radius 2 is 1.94 bits per heavy atom. The molecule has 1 aromatic rings. The van der Waals surface area contributed by atoms with Crippen LogP contribution in [0.3, 0.4) is 0 Å². The number of rotatable bonds is 2. The Kier molecular flexibility index (Phi) is 3.67. The van der Waals surface area contributed by atoms with Crippen LogP contribution >= 0.6 is 0 Å². The second-order valence-corrected chi connectivity index (χ2v) is 5.07. The van der Waals surface area contributed by atoms with Crippen molar-refractivity contribution >= 4 is 0 Å². The third-order valence-electron chi connectivity index (χ3n) is 3.77. The molecule has 1 N–H and O–H groups in total. The van der Waals surface area contributed by atoms with Crippen LogP contribution < -0.4 is 0 Å². The highest BCUT2D eigenvalue weighted by Crippen LogP contribution is 2.27. The van der Waals surface area contributed by atoms with Crippen molar-refractivity contribution in [2.24, 2.45) is 0 Å². The Balaban J connectivity index is 2.16. The van der Waals surface area contributed by atoms with E-state index in [4.69, 9.17) is 0 Å². The molecule has 3 heteroatoms. The van der Waals surface area contributed by atoms with E-state index in [0.717, 1.165) is 0 Å². The van der Waals surface area contributed by atoms with Gasteiger partial charge in [0.1, 0.15) is 11.6 Å². The molecule has 0 aromatic heterocycles. The van der Waals surface area contributed by atoms with Crippen LogP contribution in [0.5, 0.6) is 5.75 Å². The highest BCUT2D eigenvalue weighted by molar-refractivity contribution is 5.32. The van der Waals surface area contributed by atoms with E-state index in [1.807, 2.05) is 0 Å². The van der Waals surface area contributed by atoms with Gasteiger partial charge in [-0.2, -0.15) is 0 Å². The normalized spacial score (nSPS) is 26.1. The lowest BCUT2D eigenvalue weighted by Gasteiger charge is -2.39. The fraction of sp³-hybridized carbons (Fsp3) is 0.571. The third-order valence-corrected chi connectivity index (χ3v) is 3.77. The van der Waals surface area contributed by atoms with Crippen molar-refractivity contribution in [2.75, 3.05) is 0 Å². The summed E-state index contributed by atoms with van der Waals surface area (Å²) in [6.45, 7) is 5.03. The number of phenolic OH excluding ortho intramolecular Hbond substituents is 1. The molecule has 1 aliphatic rings. The van der Waals surface area contributed by atoms with Crippen LogP contribution in [0.1, 0.15) is 38.7 Å². The maximum absolute atomic E-state index is 13.2. The highest BCUT2D eigenvalue weighted by atomic mass is 19.1. The first-order chi connectivity index (χ1) is 8.08. The molecule has 0 bridgehead atoms. The molecule has 0 saturated carbocycles. The van der Waals surface area contributed by atoms with E-state index in [1.54, 1.807) is 0 Å². The molecule has 1 fully saturated rings. The van der Waals surface area contributed by atoms with Gasteiger partial charge in [0.15, 0.2) is 0 Å². The Bertz CT molecular complexity index is 384. The molecule has 0 unspecified atom stereocenters. The summed E-state index contributed by atoms with van der Waals surface area (Å²) >= 11 is 0. The molecule has 1 aromatic carbocycles. The number of piperidine rings is 1. The van der Waals surface area contributed by atoms with Crippen molar-refractivity contribution < 1.29 is 9.50 Å². The molecule has 2 nitrogen and oxygen atoms in total. The van der Waals surface area contributed by atoms with Crippen LogP contribution in [-0.2, 0) is 6.54 Å². The van der Waals surface area contributed by atoms with Crippen molar-refractivity contribution in [3.8, 4) is 5.75 Å². The molecule has 0 amide bonds. The lowest BCUT2D eigenvalue weighted by molar-refractivity contribution is 0.0942. The van der Waals surface area contributed by atoms with E-state index in [2.05, 4.69) is 18.7 Å². The van der Waals surface area contributed by atoms with Gasteiger partial charge < -0.3 is 5.11 Å². The molecular weight excluding hydrogens is 217 g/mol. The van der Waals surface area contributed by atoms with Crippen LogP contribution in [-0.4, -0.2) is 22.1 Å². The minimum absolute atomic E-state index is 0.191. The van der Waals surface area contributed by atoms with Gasteiger partial charge in [-0.15, -0.1) is 0 Å². The second kappa shape index (κ2) is 5.05. The summed E-state index contributed by atoms with van der Waals surface area (Å²) in [5, 5.41) is 9.74. The van der Waals surface area contributed by atoms with E-state index in [0.29, 0.717) is 24.2 Å². The number of hydrogen-bond donors (Lipinski definition) is 1. The Morgan fingerprint density at radius 1 is 1.29 bits per heavy atom. The fourth-order valence-corrected chi connectivity index (χ4v) is 2.66. The number of nitrogens with zero attached hydrogens (tertiary/aromatic N) is 1. The fourth-order valence-electron chi connectivity index (χ4n) is 2.66. The largest absolute Gasteiger partial charge is 0.508 e. The SMILES string of the molecule is C[C@@H]1CCC[C@H](C)N1Cc1cc(F)ccc1O. The second-order valence-electron chi connectivity index (χ2n) is 5.07. The molecule has 17 heavy (non-hydrogen) atoms. The van der Waals surface area contributed by atoms with E-state index < -0.39 is 0 Å². The molecule has 1 saturated heterocycles. The highest BCUT2D eigenvalue weighted by Gasteiger charge is 2.25. The number of phenols is 1. The zero-order valence-electron chi connectivity index (χ0n) is 10.5. The van der Waals surface area contributed by atoms with E-state index in [-0.39, 0.29) is 11.6 Å². The average molecular weight is 237 g/mol. The van der Waals surface area contributed by atoms with E-state index in [1.165, 1.54) is 37.5 Å². The summed E-state index contributed by atoms with van der Waals surface area (Å²) in [5.74, 6) is -0.0912. The molecular formula is C14H20FNO. The zero-order valence-corrected chi connectivity index (χ0v) is 10.5. The summed E-state index contributed by atoms with van der Waals surface area (Å²) < 4.78 is 13.2. The number of likely N-dealkylation sites (tertiary alicyclic amines) is 1. The van der Waals surface area contributed by atoms with Gasteiger partial charge in [0.2, 0.25) is 0 Å². The topological polar surface area (TPSA) is 23.5 Å². The molecule has 1 heterocycles. The van der Waals surface area contributed by atoms with Crippen molar-refractivity contribution in [1.82, 2.24) is 4.90 Å². The average Bonchev–Trinajstić information content (AvgIpc) is 2.28. The minimum Gasteiger partial charge on any atom is -0.508 e. The van der Waals surface area contributed by atoms with Gasteiger partial charge in [0, 0.05) is 24.2 Å². The molecule has 94 valence electrons. The maximum atomic E-state index is 13.2. The van der Waals surface area contributed by atoms with Crippen molar-refractivity contribution in [1.29, 1.82) is 0 Å². The quantitative estimate of drug-likeness (QED) is 0.853. The van der Waals surface area contributed by atoms with Crippen molar-refractivity contribution in [2.45, 2.75) is 51.7 Å². The standard InChI is InChI=1S/C14H20FNO/c1-10-4-3-5-11(2)16(10)9-12-8-13(15)6-7-14(12)17/h6-8,10-11,17H,3-5,9H2,1-2H3/t10-,11+. The summed E-state index contributed by atoms with van der Waals surface area (Å²) in [4.78, 5) is 2.35. The van der Waals surface area contributed by atoms with Crippen LogP contribution in [0, 0.1) is 5.82 Å². The molecule has 0 spiro atoms. The van der Waals surface area contributed by atoms with Gasteiger partial charge in [-0.1, -0.05) is 6.42 Å². The lowest BCUT2D eigenvalue weighted by atomic mass is 9.96. The van der Waals surface area contributed by atoms with Gasteiger partial charge >= 0.3 is 0 Å². The van der Waals surface area contributed by atoms with Gasteiger partial charge in [-0.3, -0.25) is 4.90 Å². The van der Waals surface area contributed by atoms with Crippen molar-refractivity contribution in [3.05, 3.63) is 29.6 Å². The Labute approximate surface area is 102 Å². The number of benzene rings is 1. The summed E-state index contributed by atoms with van der Waals surface area (Å²) in [5.41, 5.74) is 0.686. The number of halogens is 1. The number of aromatic hydroxyl groups is 1. The monoisotopic (exact) mass is 237 g/mol. The predicted molar refractivity (Wildman–Crippen MR) is 66.4 cm³/mol. The lowest BCUT2D eigenvalue weighted by Crippen LogP contribution is -2.42. The summed E-state index contributed by atoms with van der Waals surface area (Å²) in [6, 6.07) is 5.16. The molecule has 2 atom stereocenters. The summed E-state index contributed by atoms with van der Waals surface area (Å²) in [6.07, 6.45) is 3.62. The minimum atomic E-state index is -0.282. The first-order valence-electron chi connectivity index (χ1n) is 6.31. The van der Waals surface area contributed by atoms with Gasteiger partial charge in [0.25, 0.3) is 0 Å². The van der Waals surface area contributed by atoms with Gasteiger partial charge in [0.05, 0.1) is 0 Å². The van der Waals surface area contributed by atoms with E-state index in [9.17, 15) is 9.50 Å². The molecule has 1 aliphatic heterocycles. The smallest absolute Gasteiger partial charge is 0.123 e. The van der Waals surface area contributed by atoms with Crippen LogP contribution in [0.25, 0.3) is 0 Å².